The quantitative estimate of drug-likeness (QED) is 0.806. The van der Waals surface area contributed by atoms with E-state index in [1.54, 1.807) is 0 Å². The molecule has 1 rings (SSSR count). The summed E-state index contributed by atoms with van der Waals surface area (Å²) in [6, 6.07) is 0. The van der Waals surface area contributed by atoms with Gasteiger partial charge in [-0.15, -0.1) is 0 Å². The van der Waals surface area contributed by atoms with Crippen LogP contribution in [0.1, 0.15) is 51.9 Å². The largest absolute Gasteiger partial charge is 0.504 e. The zero-order valence-electron chi connectivity index (χ0n) is 11.0. The van der Waals surface area contributed by atoms with Crippen molar-refractivity contribution < 1.29 is 5.11 Å². The average molecular weight is 224 g/mol. The van der Waals surface area contributed by atoms with Crippen LogP contribution in [0.25, 0.3) is 0 Å². The van der Waals surface area contributed by atoms with Gasteiger partial charge in [0.15, 0.2) is 5.75 Å². The van der Waals surface area contributed by atoms with Crippen LogP contribution in [0.5, 0.6) is 5.75 Å². The zero-order valence-corrected chi connectivity index (χ0v) is 11.0. The van der Waals surface area contributed by atoms with Crippen LogP contribution in [0.3, 0.4) is 0 Å². The second-order valence-electron chi connectivity index (χ2n) is 4.78. The highest BCUT2D eigenvalue weighted by atomic mass is 16.3. The first-order valence-corrected chi connectivity index (χ1v) is 6.37. The second kappa shape index (κ2) is 5.92. The van der Waals surface area contributed by atoms with Gasteiger partial charge in [0, 0.05) is 6.54 Å². The third kappa shape index (κ3) is 3.00. The number of aryl methyl sites for hydroxylation is 1. The van der Waals surface area contributed by atoms with Crippen LogP contribution in [-0.2, 0) is 19.4 Å². The Labute approximate surface area is 98.5 Å². The van der Waals surface area contributed by atoms with Gasteiger partial charge >= 0.3 is 0 Å². The highest BCUT2D eigenvalue weighted by Crippen LogP contribution is 2.25. The van der Waals surface area contributed by atoms with Crippen LogP contribution < -0.4 is 0 Å². The molecule has 0 radical (unpaired) electrons. The van der Waals surface area contributed by atoms with Crippen LogP contribution >= 0.6 is 0 Å². The van der Waals surface area contributed by atoms with Crippen LogP contribution in [0, 0.1) is 5.92 Å². The second-order valence-corrected chi connectivity index (χ2v) is 4.78. The summed E-state index contributed by atoms with van der Waals surface area (Å²) in [5.74, 6) is 0.987. The first kappa shape index (κ1) is 13.1. The van der Waals surface area contributed by atoms with Gasteiger partial charge < -0.3 is 5.11 Å². The van der Waals surface area contributed by atoms with Gasteiger partial charge in [-0.1, -0.05) is 34.1 Å². The smallest absolute Gasteiger partial charge is 0.160 e. The summed E-state index contributed by atoms with van der Waals surface area (Å²) in [5, 5.41) is 14.6. The molecule has 0 aliphatic carbocycles. The molecule has 0 bridgehead atoms. The maximum atomic E-state index is 10.1. The minimum atomic E-state index is 0.427. The summed E-state index contributed by atoms with van der Waals surface area (Å²) < 4.78 is 1.99. The van der Waals surface area contributed by atoms with Crippen molar-refractivity contribution in [3.05, 3.63) is 11.4 Å². The molecule has 0 atom stereocenters. The lowest BCUT2D eigenvalue weighted by atomic mass is 10.1. The molecule has 16 heavy (non-hydrogen) atoms. The number of unbranched alkanes of at least 4 members (excludes halogenated alkanes) is 1. The molecule has 0 saturated heterocycles. The van der Waals surface area contributed by atoms with E-state index in [9.17, 15) is 5.11 Å². The summed E-state index contributed by atoms with van der Waals surface area (Å²) in [6.07, 6.45) is 3.99. The molecule has 3 nitrogen and oxygen atoms in total. The molecular weight excluding hydrogens is 200 g/mol. The summed E-state index contributed by atoms with van der Waals surface area (Å²) in [5.41, 5.74) is 1.86. The summed E-state index contributed by atoms with van der Waals surface area (Å²) in [4.78, 5) is 0. The lowest BCUT2D eigenvalue weighted by molar-refractivity contribution is 0.441. The van der Waals surface area contributed by atoms with Gasteiger partial charge in [0.05, 0.1) is 5.69 Å². The highest BCUT2D eigenvalue weighted by Gasteiger charge is 2.15. The molecule has 92 valence electrons. The van der Waals surface area contributed by atoms with Crippen molar-refractivity contribution in [3.63, 3.8) is 0 Å². The molecule has 1 aromatic rings. The fourth-order valence-corrected chi connectivity index (χ4v) is 1.87. The fraction of sp³-hybridized carbons (Fsp3) is 0.769. The summed E-state index contributed by atoms with van der Waals surface area (Å²) in [7, 11) is 0. The van der Waals surface area contributed by atoms with E-state index >= 15 is 0 Å². The van der Waals surface area contributed by atoms with Crippen LogP contribution in [0.15, 0.2) is 0 Å². The number of nitrogens with zero attached hydrogens (tertiary/aromatic N) is 2. The molecule has 1 aromatic heterocycles. The molecule has 1 N–H and O–H groups in total. The van der Waals surface area contributed by atoms with E-state index in [1.807, 2.05) is 11.6 Å². The van der Waals surface area contributed by atoms with Crippen molar-refractivity contribution >= 4 is 0 Å². The van der Waals surface area contributed by atoms with E-state index in [1.165, 1.54) is 0 Å². The Balaban J connectivity index is 2.94. The third-order valence-corrected chi connectivity index (χ3v) is 2.74. The normalized spacial score (nSPS) is 11.3. The van der Waals surface area contributed by atoms with E-state index in [2.05, 4.69) is 25.9 Å². The van der Waals surface area contributed by atoms with Crippen molar-refractivity contribution in [1.29, 1.82) is 0 Å². The van der Waals surface area contributed by atoms with Crippen molar-refractivity contribution in [2.75, 3.05) is 0 Å². The predicted molar refractivity (Wildman–Crippen MR) is 66.7 cm³/mol. The number of aromatic nitrogens is 2. The summed E-state index contributed by atoms with van der Waals surface area (Å²) in [6.45, 7) is 9.45. The van der Waals surface area contributed by atoms with Crippen molar-refractivity contribution in [2.45, 2.75) is 59.9 Å². The Morgan fingerprint density at radius 3 is 2.50 bits per heavy atom. The Morgan fingerprint density at radius 2 is 2.00 bits per heavy atom. The molecular formula is C13H24N2O. The maximum Gasteiger partial charge on any atom is 0.160 e. The molecule has 0 aromatic carbocycles. The number of aromatic hydroxyl groups is 1. The summed E-state index contributed by atoms with van der Waals surface area (Å²) >= 11 is 0. The lowest BCUT2D eigenvalue weighted by Crippen LogP contribution is -2.10. The van der Waals surface area contributed by atoms with Gasteiger partial charge in [0.2, 0.25) is 0 Å². The van der Waals surface area contributed by atoms with E-state index in [0.717, 1.165) is 43.6 Å². The molecule has 0 saturated carbocycles. The molecule has 1 heterocycles. The maximum absolute atomic E-state index is 10.1. The van der Waals surface area contributed by atoms with E-state index in [4.69, 9.17) is 0 Å². The van der Waals surface area contributed by atoms with Gasteiger partial charge in [-0.05, 0) is 25.2 Å². The molecule has 0 amide bonds. The molecule has 0 unspecified atom stereocenters. The molecule has 3 heteroatoms. The zero-order chi connectivity index (χ0) is 12.1. The van der Waals surface area contributed by atoms with Gasteiger partial charge in [-0.3, -0.25) is 4.68 Å². The Morgan fingerprint density at radius 1 is 1.31 bits per heavy atom. The molecule has 0 aliphatic rings. The SMILES string of the molecule is CCCCc1c(O)c(CC)nn1CC(C)C. The molecule has 0 spiro atoms. The highest BCUT2D eigenvalue weighted by molar-refractivity contribution is 5.32. The molecule has 0 aliphatic heterocycles. The minimum Gasteiger partial charge on any atom is -0.504 e. The van der Waals surface area contributed by atoms with Crippen LogP contribution in [-0.4, -0.2) is 14.9 Å². The Bertz CT molecular complexity index is 329. The Hall–Kier alpha value is -0.990. The lowest BCUT2D eigenvalue weighted by Gasteiger charge is -2.09. The van der Waals surface area contributed by atoms with Crippen molar-refractivity contribution in [1.82, 2.24) is 9.78 Å². The third-order valence-electron chi connectivity index (χ3n) is 2.74. The molecule has 0 fully saturated rings. The first-order chi connectivity index (χ1) is 7.60. The van der Waals surface area contributed by atoms with E-state index < -0.39 is 0 Å². The first-order valence-electron chi connectivity index (χ1n) is 6.37. The van der Waals surface area contributed by atoms with Crippen molar-refractivity contribution in [2.24, 2.45) is 5.92 Å². The minimum absolute atomic E-state index is 0.427. The standard InChI is InChI=1S/C13H24N2O/c1-5-7-8-12-13(16)11(6-2)14-15(12)9-10(3)4/h10,16H,5-9H2,1-4H3. The fourth-order valence-electron chi connectivity index (χ4n) is 1.87. The predicted octanol–water partition coefficient (Wildman–Crippen LogP) is 3.15. The van der Waals surface area contributed by atoms with E-state index in [0.29, 0.717) is 11.7 Å². The Kier molecular flexibility index (Phi) is 4.84. The number of hydrogen-bond donors (Lipinski definition) is 1. The van der Waals surface area contributed by atoms with E-state index in [-0.39, 0.29) is 0 Å². The van der Waals surface area contributed by atoms with Crippen molar-refractivity contribution in [3.8, 4) is 5.75 Å². The van der Waals surface area contributed by atoms with Gasteiger partial charge in [0.25, 0.3) is 0 Å². The number of rotatable bonds is 6. The topological polar surface area (TPSA) is 38.1 Å². The monoisotopic (exact) mass is 224 g/mol. The number of hydrogen-bond acceptors (Lipinski definition) is 2. The van der Waals surface area contributed by atoms with Crippen LogP contribution in [0.4, 0.5) is 0 Å². The van der Waals surface area contributed by atoms with Gasteiger partial charge in [-0.25, -0.2) is 0 Å². The van der Waals surface area contributed by atoms with Gasteiger partial charge in [0.1, 0.15) is 5.69 Å². The van der Waals surface area contributed by atoms with Gasteiger partial charge in [-0.2, -0.15) is 5.10 Å². The average Bonchev–Trinajstić information content (AvgIpc) is 2.52. The van der Waals surface area contributed by atoms with Crippen LogP contribution in [0.2, 0.25) is 0 Å².